The second-order valence-electron chi connectivity index (χ2n) is 3.84. The number of rotatable bonds is 4. The van der Waals surface area contributed by atoms with Crippen LogP contribution in [0.5, 0.6) is 0 Å². The molecule has 96 valence electrons. The minimum atomic E-state index is -3.27. The van der Waals surface area contributed by atoms with Crippen molar-refractivity contribution in [1.29, 1.82) is 0 Å². The molecule has 0 radical (unpaired) electrons. The fourth-order valence-corrected chi connectivity index (χ4v) is 2.99. The third kappa shape index (κ3) is 3.05. The quantitative estimate of drug-likeness (QED) is 0.927. The molecule has 0 fully saturated rings. The lowest BCUT2D eigenvalue weighted by atomic mass is 10.4. The van der Waals surface area contributed by atoms with Crippen molar-refractivity contribution in [2.75, 3.05) is 11.6 Å². The molecule has 7 heteroatoms. The van der Waals surface area contributed by atoms with Crippen molar-refractivity contribution in [1.82, 2.24) is 9.97 Å². The SMILES string of the molecule is Cc1cnc(CNc2ncccc2S(C)(=O)=O)s1. The standard InChI is InChI=1S/C11H13N3O2S2/c1-8-6-13-10(17-8)7-14-11-9(18(2,15)16)4-3-5-12-11/h3-6H,7H2,1-2H3,(H,12,14). The summed E-state index contributed by atoms with van der Waals surface area (Å²) in [5, 5.41) is 3.91. The summed E-state index contributed by atoms with van der Waals surface area (Å²) in [6.07, 6.45) is 4.52. The molecule has 5 nitrogen and oxygen atoms in total. The van der Waals surface area contributed by atoms with E-state index in [4.69, 9.17) is 0 Å². The molecule has 1 N–H and O–H groups in total. The second-order valence-corrected chi connectivity index (χ2v) is 7.14. The summed E-state index contributed by atoms with van der Waals surface area (Å²) in [6, 6.07) is 3.15. The zero-order valence-electron chi connectivity index (χ0n) is 10.0. The van der Waals surface area contributed by atoms with Crippen molar-refractivity contribution in [3.05, 3.63) is 34.4 Å². The third-order valence-corrected chi connectivity index (χ3v) is 4.29. The number of hydrogen-bond donors (Lipinski definition) is 1. The lowest BCUT2D eigenvalue weighted by Crippen LogP contribution is -2.07. The third-order valence-electron chi connectivity index (χ3n) is 2.25. The van der Waals surface area contributed by atoms with Gasteiger partial charge in [0.1, 0.15) is 15.7 Å². The predicted molar refractivity (Wildman–Crippen MR) is 71.5 cm³/mol. The minimum Gasteiger partial charge on any atom is -0.362 e. The molecule has 0 aliphatic carbocycles. The van der Waals surface area contributed by atoms with Crippen LogP contribution in [0.15, 0.2) is 29.4 Å². The first-order valence-electron chi connectivity index (χ1n) is 5.27. The highest BCUT2D eigenvalue weighted by Gasteiger charge is 2.13. The topological polar surface area (TPSA) is 72.0 Å². The molecule has 0 spiro atoms. The van der Waals surface area contributed by atoms with Crippen LogP contribution in [0.2, 0.25) is 0 Å². The molecule has 2 rings (SSSR count). The lowest BCUT2D eigenvalue weighted by molar-refractivity contribution is 0.601. The first-order valence-corrected chi connectivity index (χ1v) is 7.98. The number of aromatic nitrogens is 2. The molecule has 2 heterocycles. The Labute approximate surface area is 110 Å². The number of nitrogens with zero attached hydrogens (tertiary/aromatic N) is 2. The van der Waals surface area contributed by atoms with Crippen LogP contribution >= 0.6 is 11.3 Å². The fourth-order valence-electron chi connectivity index (χ4n) is 1.47. The van der Waals surface area contributed by atoms with Gasteiger partial charge in [-0.3, -0.25) is 0 Å². The second kappa shape index (κ2) is 5.03. The molecular weight excluding hydrogens is 270 g/mol. The summed E-state index contributed by atoms with van der Waals surface area (Å²) in [5.74, 6) is 0.368. The number of thiazole rings is 1. The largest absolute Gasteiger partial charge is 0.362 e. The van der Waals surface area contributed by atoms with E-state index < -0.39 is 9.84 Å². The summed E-state index contributed by atoms with van der Waals surface area (Å²) in [5.41, 5.74) is 0. The number of pyridine rings is 1. The molecule has 0 atom stereocenters. The number of sulfone groups is 1. The van der Waals surface area contributed by atoms with Crippen molar-refractivity contribution in [3.63, 3.8) is 0 Å². The van der Waals surface area contributed by atoms with Gasteiger partial charge in [-0.25, -0.2) is 18.4 Å². The van der Waals surface area contributed by atoms with Crippen LogP contribution in [-0.2, 0) is 16.4 Å². The van der Waals surface area contributed by atoms with Gasteiger partial charge in [0.15, 0.2) is 9.84 Å². The summed E-state index contributed by atoms with van der Waals surface area (Å²) >= 11 is 1.57. The first kappa shape index (κ1) is 13.0. The molecule has 0 aliphatic heterocycles. The van der Waals surface area contributed by atoms with Gasteiger partial charge in [-0.15, -0.1) is 11.3 Å². The summed E-state index contributed by atoms with van der Waals surface area (Å²) < 4.78 is 23.2. The van der Waals surface area contributed by atoms with E-state index in [9.17, 15) is 8.42 Å². The van der Waals surface area contributed by atoms with Crippen molar-refractivity contribution < 1.29 is 8.42 Å². The van der Waals surface area contributed by atoms with E-state index in [0.29, 0.717) is 12.4 Å². The van der Waals surface area contributed by atoms with Crippen LogP contribution in [0.4, 0.5) is 5.82 Å². The van der Waals surface area contributed by atoms with E-state index in [1.807, 2.05) is 6.92 Å². The Hall–Kier alpha value is -1.47. The number of anilines is 1. The average molecular weight is 283 g/mol. The monoisotopic (exact) mass is 283 g/mol. The zero-order chi connectivity index (χ0) is 13.2. The highest BCUT2D eigenvalue weighted by molar-refractivity contribution is 7.90. The van der Waals surface area contributed by atoms with Gasteiger partial charge in [-0.1, -0.05) is 0 Å². The minimum absolute atomic E-state index is 0.207. The maximum atomic E-state index is 11.6. The van der Waals surface area contributed by atoms with Crippen LogP contribution in [0.1, 0.15) is 9.88 Å². The normalized spacial score (nSPS) is 11.4. The van der Waals surface area contributed by atoms with Gasteiger partial charge < -0.3 is 5.32 Å². The molecule has 0 saturated heterocycles. The molecule has 0 aromatic carbocycles. The molecule has 2 aromatic rings. The molecule has 0 bridgehead atoms. The van der Waals surface area contributed by atoms with Crippen LogP contribution in [0.25, 0.3) is 0 Å². The van der Waals surface area contributed by atoms with Crippen LogP contribution in [0.3, 0.4) is 0 Å². The van der Waals surface area contributed by atoms with Crippen molar-refractivity contribution >= 4 is 27.0 Å². The molecule has 0 aliphatic rings. The van der Waals surface area contributed by atoms with Gasteiger partial charge in [0, 0.05) is 23.5 Å². The van der Waals surface area contributed by atoms with Gasteiger partial charge in [0.05, 0.1) is 6.54 Å². The first-order chi connectivity index (χ1) is 8.47. The van der Waals surface area contributed by atoms with Gasteiger partial charge >= 0.3 is 0 Å². The Bertz CT molecular complexity index is 650. The fraction of sp³-hybridized carbons (Fsp3) is 0.273. The van der Waals surface area contributed by atoms with Gasteiger partial charge in [-0.05, 0) is 19.1 Å². The van der Waals surface area contributed by atoms with Crippen molar-refractivity contribution in [3.8, 4) is 0 Å². The van der Waals surface area contributed by atoms with Gasteiger partial charge in [-0.2, -0.15) is 0 Å². The van der Waals surface area contributed by atoms with Crippen LogP contribution in [-0.4, -0.2) is 24.6 Å². The van der Waals surface area contributed by atoms with E-state index >= 15 is 0 Å². The summed E-state index contributed by atoms with van der Waals surface area (Å²) in [4.78, 5) is 9.58. The highest BCUT2D eigenvalue weighted by atomic mass is 32.2. The van der Waals surface area contributed by atoms with E-state index in [-0.39, 0.29) is 4.90 Å². The molecule has 0 amide bonds. The maximum absolute atomic E-state index is 11.6. The van der Waals surface area contributed by atoms with Gasteiger partial charge in [0.25, 0.3) is 0 Å². The molecule has 18 heavy (non-hydrogen) atoms. The summed E-state index contributed by atoms with van der Waals surface area (Å²) in [6.45, 7) is 2.45. The highest BCUT2D eigenvalue weighted by Crippen LogP contribution is 2.19. The maximum Gasteiger partial charge on any atom is 0.179 e. The Kier molecular flexibility index (Phi) is 3.63. The van der Waals surface area contributed by atoms with Crippen molar-refractivity contribution in [2.45, 2.75) is 18.4 Å². The van der Waals surface area contributed by atoms with E-state index in [1.54, 1.807) is 29.8 Å². The average Bonchev–Trinajstić information content (AvgIpc) is 2.72. The lowest BCUT2D eigenvalue weighted by Gasteiger charge is -2.07. The Morgan fingerprint density at radius 1 is 1.39 bits per heavy atom. The van der Waals surface area contributed by atoms with E-state index in [2.05, 4.69) is 15.3 Å². The van der Waals surface area contributed by atoms with Crippen LogP contribution in [0, 0.1) is 6.92 Å². The Morgan fingerprint density at radius 2 is 2.17 bits per heavy atom. The van der Waals surface area contributed by atoms with Crippen molar-refractivity contribution in [2.24, 2.45) is 0 Å². The van der Waals surface area contributed by atoms with Gasteiger partial charge in [0.2, 0.25) is 0 Å². The Balaban J connectivity index is 2.20. The van der Waals surface area contributed by atoms with E-state index in [0.717, 1.165) is 9.88 Å². The molecule has 2 aromatic heterocycles. The molecular formula is C11H13N3O2S2. The number of aryl methyl sites for hydroxylation is 1. The molecule has 0 saturated carbocycles. The molecule has 0 unspecified atom stereocenters. The van der Waals surface area contributed by atoms with Crippen LogP contribution < -0.4 is 5.32 Å². The number of nitrogens with one attached hydrogen (secondary N) is 1. The number of hydrogen-bond acceptors (Lipinski definition) is 6. The summed E-state index contributed by atoms with van der Waals surface area (Å²) in [7, 11) is -3.27. The predicted octanol–water partition coefficient (Wildman–Crippen LogP) is 1.86. The van der Waals surface area contributed by atoms with E-state index in [1.165, 1.54) is 12.3 Å². The Morgan fingerprint density at radius 3 is 2.78 bits per heavy atom. The smallest absolute Gasteiger partial charge is 0.179 e. The zero-order valence-corrected chi connectivity index (χ0v) is 11.7.